The summed E-state index contributed by atoms with van der Waals surface area (Å²) in [7, 11) is 1.22. The van der Waals surface area contributed by atoms with Gasteiger partial charge in [0.15, 0.2) is 0 Å². The Hall–Kier alpha value is -3.36. The van der Waals surface area contributed by atoms with Crippen molar-refractivity contribution in [3.8, 4) is 0 Å². The number of unbranched alkanes of at least 4 members (excludes halogenated alkanes) is 13. The van der Waals surface area contributed by atoms with Crippen LogP contribution in [0.2, 0.25) is 0 Å². The van der Waals surface area contributed by atoms with Crippen LogP contribution in [0, 0.1) is 0 Å². The Balaban J connectivity index is 4.09. The van der Waals surface area contributed by atoms with Gasteiger partial charge in [-0.25, -0.2) is 0 Å². The highest BCUT2D eigenvalue weighted by atomic mass is 31.2. The first-order valence-electron chi connectivity index (χ1n) is 26.5. The van der Waals surface area contributed by atoms with Crippen LogP contribution in [0.3, 0.4) is 0 Å². The lowest BCUT2D eigenvalue weighted by molar-refractivity contribution is -0.870. The van der Waals surface area contributed by atoms with Gasteiger partial charge < -0.3 is 28.8 Å². The van der Waals surface area contributed by atoms with Crippen molar-refractivity contribution in [3.05, 3.63) is 134 Å². The molecule has 0 heterocycles. The second-order valence-electron chi connectivity index (χ2n) is 18.5. The van der Waals surface area contributed by atoms with Crippen LogP contribution in [0.5, 0.6) is 0 Å². The molecule has 3 atom stereocenters. The lowest BCUT2D eigenvalue weighted by Gasteiger charge is -2.29. The van der Waals surface area contributed by atoms with Gasteiger partial charge in [-0.2, -0.15) is 0 Å². The Labute approximate surface area is 417 Å². The Morgan fingerprint density at radius 2 is 0.912 bits per heavy atom. The van der Waals surface area contributed by atoms with Gasteiger partial charge in [-0.1, -0.05) is 205 Å². The van der Waals surface area contributed by atoms with Crippen LogP contribution in [0.1, 0.15) is 181 Å². The molecule has 8 nitrogen and oxygen atoms in total. The highest BCUT2D eigenvalue weighted by Gasteiger charge is 2.23. The summed E-state index contributed by atoms with van der Waals surface area (Å²) in [6.45, 7) is 4.42. The predicted molar refractivity (Wildman–Crippen MR) is 292 cm³/mol. The monoisotopic (exact) mass is 963 g/mol. The number of phosphoric acid groups is 1. The average molecular weight is 963 g/mol. The fourth-order valence-electron chi connectivity index (χ4n) is 6.69. The van der Waals surface area contributed by atoms with Crippen molar-refractivity contribution in [1.29, 1.82) is 0 Å². The van der Waals surface area contributed by atoms with Gasteiger partial charge >= 0.3 is 0 Å². The molecule has 0 saturated carbocycles. The van der Waals surface area contributed by atoms with Crippen molar-refractivity contribution in [2.75, 3.05) is 40.9 Å². The number of amides is 1. The molecule has 68 heavy (non-hydrogen) atoms. The molecule has 0 radical (unpaired) electrons. The van der Waals surface area contributed by atoms with Crippen LogP contribution >= 0.6 is 7.82 Å². The molecule has 0 aromatic carbocycles. The van der Waals surface area contributed by atoms with E-state index in [0.29, 0.717) is 17.4 Å². The molecule has 0 spiro atoms. The smallest absolute Gasteiger partial charge is 0.268 e. The summed E-state index contributed by atoms with van der Waals surface area (Å²) in [5.74, 6) is -0.224. The molecule has 0 aliphatic heterocycles. The number of phosphoric ester groups is 1. The molecule has 0 aromatic heterocycles. The van der Waals surface area contributed by atoms with E-state index in [4.69, 9.17) is 9.05 Å². The van der Waals surface area contributed by atoms with Gasteiger partial charge in [0.1, 0.15) is 13.2 Å². The number of quaternary nitrogens is 1. The van der Waals surface area contributed by atoms with E-state index >= 15 is 0 Å². The van der Waals surface area contributed by atoms with E-state index in [1.807, 2.05) is 27.2 Å². The van der Waals surface area contributed by atoms with Crippen molar-refractivity contribution >= 4 is 13.7 Å². The first-order chi connectivity index (χ1) is 33.0. The highest BCUT2D eigenvalue weighted by molar-refractivity contribution is 7.45. The van der Waals surface area contributed by atoms with Crippen molar-refractivity contribution in [1.82, 2.24) is 5.32 Å². The number of nitrogens with one attached hydrogen (secondary N) is 1. The molecule has 386 valence electrons. The number of carbonyl (C=O) groups is 1. The number of aliphatic hydroxyl groups is 1. The standard InChI is InChI=1S/C59H99N2O6P/c1-6-8-10-12-14-16-17-18-19-20-21-22-23-24-25-26-27-28-29-30-31-32-33-34-35-36-37-38-39-40-41-42-43-45-47-49-51-53-59(63)60-57(56-67-68(64,65)66-55-54-61(3,4)5)58(62)52-50-48-46-44-15-13-11-9-7-2/h8,10,14-16,18-19,21-22,24-25,27-28,30-31,33-34,36-37,44,50,52,57-58,62H,6-7,9,11-13,17,20,23,26,29,32,35,38-43,45-49,51,53-56H2,1-5H3,(H-,60,63,64,65)/b10-8-,16-14-,19-18-,22-21-,25-24-,28-27-,31-30-,34-33-,37-36-,44-15+,52-50+. The van der Waals surface area contributed by atoms with E-state index in [1.165, 1.54) is 51.4 Å². The first kappa shape index (κ1) is 64.6. The molecule has 3 unspecified atom stereocenters. The summed E-state index contributed by atoms with van der Waals surface area (Å²) in [6, 6.07) is -0.913. The zero-order valence-corrected chi connectivity index (χ0v) is 44.6. The van der Waals surface area contributed by atoms with Crippen molar-refractivity contribution < 1.29 is 32.9 Å². The third kappa shape index (κ3) is 50.5. The second-order valence-corrected chi connectivity index (χ2v) is 19.9. The Morgan fingerprint density at radius 3 is 1.37 bits per heavy atom. The van der Waals surface area contributed by atoms with Crippen LogP contribution < -0.4 is 10.2 Å². The summed E-state index contributed by atoms with van der Waals surface area (Å²) in [5.41, 5.74) is 0. The number of hydrogen-bond donors (Lipinski definition) is 2. The van der Waals surface area contributed by atoms with Crippen molar-refractivity contribution in [3.63, 3.8) is 0 Å². The molecule has 0 aromatic rings. The topological polar surface area (TPSA) is 108 Å². The first-order valence-corrected chi connectivity index (χ1v) is 28.0. The Morgan fingerprint density at radius 1 is 0.529 bits per heavy atom. The van der Waals surface area contributed by atoms with E-state index < -0.39 is 26.6 Å². The number of hydrogen-bond acceptors (Lipinski definition) is 6. The van der Waals surface area contributed by atoms with Crippen LogP contribution in [0.15, 0.2) is 134 Å². The number of aliphatic hydroxyl groups excluding tert-OH is 1. The van der Waals surface area contributed by atoms with Gasteiger partial charge in [-0.15, -0.1) is 0 Å². The van der Waals surface area contributed by atoms with Gasteiger partial charge in [0.05, 0.1) is 39.9 Å². The molecule has 0 rings (SSSR count). The number of likely N-dealkylation sites (N-methyl/N-ethyl adjacent to an activating group) is 1. The molecule has 9 heteroatoms. The summed E-state index contributed by atoms with van der Waals surface area (Å²) in [5, 5.41) is 13.7. The number of allylic oxidation sites excluding steroid dienone is 21. The van der Waals surface area contributed by atoms with E-state index in [1.54, 1.807) is 6.08 Å². The maximum atomic E-state index is 12.9. The fraction of sp³-hybridized carbons (Fsp3) is 0.610. The summed E-state index contributed by atoms with van der Waals surface area (Å²) in [4.78, 5) is 25.3. The number of rotatable bonds is 46. The van der Waals surface area contributed by atoms with Crippen LogP contribution in [-0.2, 0) is 18.4 Å². The largest absolute Gasteiger partial charge is 0.756 e. The maximum Gasteiger partial charge on any atom is 0.268 e. The molecule has 0 aliphatic carbocycles. The zero-order valence-electron chi connectivity index (χ0n) is 43.7. The molecular formula is C59H99N2O6P. The van der Waals surface area contributed by atoms with E-state index in [-0.39, 0.29) is 12.5 Å². The number of nitrogens with zero attached hydrogens (tertiary/aromatic N) is 1. The molecule has 1 amide bonds. The average Bonchev–Trinajstić information content (AvgIpc) is 3.30. The molecule has 0 bridgehead atoms. The molecule has 0 aliphatic rings. The van der Waals surface area contributed by atoms with E-state index in [2.05, 4.69) is 141 Å². The lowest BCUT2D eigenvalue weighted by atomic mass is 10.1. The summed E-state index contributed by atoms with van der Waals surface area (Å²) < 4.78 is 23.1. The minimum absolute atomic E-state index is 0.0147. The minimum atomic E-state index is -4.60. The Kier molecular flexibility index (Phi) is 46.3. The van der Waals surface area contributed by atoms with Crippen molar-refractivity contribution in [2.45, 2.75) is 193 Å². The quantitative estimate of drug-likeness (QED) is 0.0272. The maximum absolute atomic E-state index is 12.9. The summed E-state index contributed by atoms with van der Waals surface area (Å²) >= 11 is 0. The molecule has 0 saturated heterocycles. The lowest BCUT2D eigenvalue weighted by Crippen LogP contribution is -2.45. The predicted octanol–water partition coefficient (Wildman–Crippen LogP) is 15.3. The van der Waals surface area contributed by atoms with Crippen LogP contribution in [0.25, 0.3) is 0 Å². The summed E-state index contributed by atoms with van der Waals surface area (Å²) in [6.07, 6.45) is 74.0. The minimum Gasteiger partial charge on any atom is -0.756 e. The van der Waals surface area contributed by atoms with Crippen LogP contribution in [0.4, 0.5) is 0 Å². The molecular weight excluding hydrogens is 864 g/mol. The Bertz CT molecular complexity index is 1560. The SMILES string of the molecule is CC/C=C\C/C=C\C/C=C\C/C=C\C/C=C\C/C=C\C/C=C\C/C=C\C/C=C\CCCCCCCCCCCC(=O)NC(COP(=O)([O-])OCC[N+](C)(C)C)C(O)/C=C/CC/C=C/CCCCC. The van der Waals surface area contributed by atoms with E-state index in [9.17, 15) is 19.4 Å². The third-order valence-corrected chi connectivity index (χ3v) is 11.8. The van der Waals surface area contributed by atoms with Crippen LogP contribution in [-0.4, -0.2) is 68.5 Å². The van der Waals surface area contributed by atoms with Crippen molar-refractivity contribution in [2.24, 2.45) is 0 Å². The fourth-order valence-corrected chi connectivity index (χ4v) is 7.41. The molecule has 0 fully saturated rings. The molecule has 2 N–H and O–H groups in total. The normalized spacial score (nSPS) is 15.1. The van der Waals surface area contributed by atoms with Gasteiger partial charge in [-0.05, 0) is 103 Å². The highest BCUT2D eigenvalue weighted by Crippen LogP contribution is 2.38. The third-order valence-electron chi connectivity index (χ3n) is 10.8. The van der Waals surface area contributed by atoms with Gasteiger partial charge in [0.25, 0.3) is 7.82 Å². The zero-order chi connectivity index (χ0) is 49.9. The number of carbonyl (C=O) groups excluding carboxylic acids is 1. The van der Waals surface area contributed by atoms with Gasteiger partial charge in [0.2, 0.25) is 5.91 Å². The van der Waals surface area contributed by atoms with Gasteiger partial charge in [-0.3, -0.25) is 9.36 Å². The van der Waals surface area contributed by atoms with Gasteiger partial charge in [0, 0.05) is 6.42 Å². The second kappa shape index (κ2) is 48.7. The van der Waals surface area contributed by atoms with E-state index in [0.717, 1.165) is 109 Å².